The smallest absolute Gasteiger partial charge is 0.407 e. The van der Waals surface area contributed by atoms with Gasteiger partial charge in [-0.3, -0.25) is 4.79 Å². The van der Waals surface area contributed by atoms with Crippen LogP contribution in [0.2, 0.25) is 0 Å². The average Bonchev–Trinajstić information content (AvgIpc) is 2.19. The van der Waals surface area contributed by atoms with Gasteiger partial charge in [0.15, 0.2) is 0 Å². The molecule has 0 saturated heterocycles. The predicted octanol–water partition coefficient (Wildman–Crippen LogP) is 2.09. The number of carbonyl (C=O) groups excluding carboxylic acids is 1. The van der Waals surface area contributed by atoms with Crippen LogP contribution in [0, 0.1) is 11.3 Å². The zero-order valence-corrected chi connectivity index (χ0v) is 11.2. The molecular weight excluding hydrogens is 246 g/mol. The minimum absolute atomic E-state index is 0.0132. The Balaban J connectivity index is 4.17. The summed E-state index contributed by atoms with van der Waals surface area (Å²) in [6.45, 7) is 6.23. The van der Waals surface area contributed by atoms with E-state index in [0.29, 0.717) is 0 Å². The third-order valence-electron chi connectivity index (χ3n) is 2.45. The van der Waals surface area contributed by atoms with E-state index in [1.165, 1.54) is 0 Å². The number of rotatable bonds is 6. The summed E-state index contributed by atoms with van der Waals surface area (Å²) < 4.78 is 4.73. The molecule has 6 heteroatoms. The van der Waals surface area contributed by atoms with Crippen molar-refractivity contribution in [3.05, 3.63) is 0 Å². The van der Waals surface area contributed by atoms with E-state index in [2.05, 4.69) is 5.32 Å². The van der Waals surface area contributed by atoms with E-state index >= 15 is 0 Å². The molecule has 17 heavy (non-hydrogen) atoms. The third-order valence-corrected chi connectivity index (χ3v) is 2.60. The summed E-state index contributed by atoms with van der Waals surface area (Å²) in [6.07, 6.45) is -0.551. The van der Waals surface area contributed by atoms with Gasteiger partial charge in [0.2, 0.25) is 0 Å². The molecule has 1 atom stereocenters. The van der Waals surface area contributed by atoms with Gasteiger partial charge in [0.1, 0.15) is 6.61 Å². The SMILES string of the molecule is CC(C)(C)C(CNC(=O)OCCCl)CC(=O)O. The maximum absolute atomic E-state index is 11.2. The first kappa shape index (κ1) is 16.0. The van der Waals surface area contributed by atoms with E-state index < -0.39 is 12.1 Å². The number of nitrogens with one attached hydrogen (secondary N) is 1. The summed E-state index contributed by atoms with van der Waals surface area (Å²) in [4.78, 5) is 21.9. The van der Waals surface area contributed by atoms with Crippen molar-refractivity contribution in [3.8, 4) is 0 Å². The fraction of sp³-hybridized carbons (Fsp3) is 0.818. The lowest BCUT2D eigenvalue weighted by Gasteiger charge is -2.29. The molecule has 0 fully saturated rings. The molecule has 0 saturated carbocycles. The van der Waals surface area contributed by atoms with E-state index in [9.17, 15) is 9.59 Å². The van der Waals surface area contributed by atoms with Gasteiger partial charge in [-0.2, -0.15) is 0 Å². The number of carboxylic acids is 1. The van der Waals surface area contributed by atoms with Crippen molar-refractivity contribution in [2.45, 2.75) is 27.2 Å². The minimum Gasteiger partial charge on any atom is -0.481 e. The summed E-state index contributed by atoms with van der Waals surface area (Å²) in [5.74, 6) is -0.782. The summed E-state index contributed by atoms with van der Waals surface area (Å²) >= 11 is 5.37. The molecule has 0 heterocycles. The molecule has 1 amide bonds. The fourth-order valence-corrected chi connectivity index (χ4v) is 1.36. The standard InChI is InChI=1S/C11H20ClNO4/c1-11(2,3)8(6-9(14)15)7-13-10(16)17-5-4-12/h8H,4-7H2,1-3H3,(H,13,16)(H,14,15). The topological polar surface area (TPSA) is 75.6 Å². The lowest BCUT2D eigenvalue weighted by Crippen LogP contribution is -2.37. The molecule has 2 N–H and O–H groups in total. The monoisotopic (exact) mass is 265 g/mol. The summed E-state index contributed by atoms with van der Waals surface area (Å²) in [6, 6.07) is 0. The van der Waals surface area contributed by atoms with Gasteiger partial charge in [-0.1, -0.05) is 20.8 Å². The van der Waals surface area contributed by atoms with Crippen LogP contribution in [-0.4, -0.2) is 36.2 Å². The molecule has 5 nitrogen and oxygen atoms in total. The van der Waals surface area contributed by atoms with Gasteiger partial charge in [-0.15, -0.1) is 11.6 Å². The Hall–Kier alpha value is -0.970. The Labute approximate surface area is 106 Å². The lowest BCUT2D eigenvalue weighted by molar-refractivity contribution is -0.139. The number of aliphatic carboxylic acids is 1. The number of hydrogen-bond acceptors (Lipinski definition) is 3. The largest absolute Gasteiger partial charge is 0.481 e. The van der Waals surface area contributed by atoms with Gasteiger partial charge in [-0.25, -0.2) is 4.79 Å². The Morgan fingerprint density at radius 2 is 2.00 bits per heavy atom. The highest BCUT2D eigenvalue weighted by molar-refractivity contribution is 6.18. The predicted molar refractivity (Wildman–Crippen MR) is 65.3 cm³/mol. The molecule has 0 aromatic heterocycles. The number of carbonyl (C=O) groups is 2. The van der Waals surface area contributed by atoms with Crippen molar-refractivity contribution in [2.24, 2.45) is 11.3 Å². The fourth-order valence-electron chi connectivity index (χ4n) is 1.28. The van der Waals surface area contributed by atoms with Gasteiger partial charge in [0.05, 0.1) is 12.3 Å². The Bertz CT molecular complexity index is 263. The summed E-state index contributed by atoms with van der Waals surface area (Å²) in [7, 11) is 0. The van der Waals surface area contributed by atoms with Gasteiger partial charge >= 0.3 is 12.1 Å². The van der Waals surface area contributed by atoms with Crippen LogP contribution < -0.4 is 5.32 Å². The van der Waals surface area contributed by atoms with Crippen LogP contribution in [0.4, 0.5) is 4.79 Å². The van der Waals surface area contributed by atoms with E-state index in [1.54, 1.807) is 0 Å². The lowest BCUT2D eigenvalue weighted by atomic mass is 9.79. The first-order chi connectivity index (χ1) is 7.77. The van der Waals surface area contributed by atoms with Crippen LogP contribution in [0.25, 0.3) is 0 Å². The van der Waals surface area contributed by atoms with E-state index in [4.69, 9.17) is 21.4 Å². The zero-order valence-electron chi connectivity index (χ0n) is 10.5. The second-order valence-corrected chi connectivity index (χ2v) is 5.24. The van der Waals surface area contributed by atoms with E-state index in [-0.39, 0.29) is 36.8 Å². The summed E-state index contributed by atoms with van der Waals surface area (Å²) in [5.41, 5.74) is -0.196. The van der Waals surface area contributed by atoms with Gasteiger partial charge in [0.25, 0.3) is 0 Å². The molecular formula is C11H20ClNO4. The molecule has 0 rings (SSSR count). The van der Waals surface area contributed by atoms with Crippen molar-refractivity contribution in [3.63, 3.8) is 0 Å². The Morgan fingerprint density at radius 3 is 2.41 bits per heavy atom. The molecule has 0 spiro atoms. The number of alkyl halides is 1. The summed E-state index contributed by atoms with van der Waals surface area (Å²) in [5, 5.41) is 11.3. The van der Waals surface area contributed by atoms with Crippen LogP contribution >= 0.6 is 11.6 Å². The van der Waals surface area contributed by atoms with Gasteiger partial charge in [-0.05, 0) is 11.3 Å². The number of amides is 1. The maximum Gasteiger partial charge on any atom is 0.407 e. The molecule has 100 valence electrons. The molecule has 1 unspecified atom stereocenters. The first-order valence-corrected chi connectivity index (χ1v) is 5.99. The molecule has 0 aliphatic rings. The maximum atomic E-state index is 11.2. The van der Waals surface area contributed by atoms with Crippen LogP contribution in [0.3, 0.4) is 0 Å². The highest BCUT2D eigenvalue weighted by Crippen LogP contribution is 2.28. The van der Waals surface area contributed by atoms with Crippen molar-refractivity contribution in [1.82, 2.24) is 5.32 Å². The zero-order chi connectivity index (χ0) is 13.5. The molecule has 0 bridgehead atoms. The van der Waals surface area contributed by atoms with Crippen molar-refractivity contribution < 1.29 is 19.4 Å². The van der Waals surface area contributed by atoms with Gasteiger partial charge < -0.3 is 15.2 Å². The van der Waals surface area contributed by atoms with Crippen LogP contribution in [0.15, 0.2) is 0 Å². The molecule has 0 aliphatic carbocycles. The molecule has 0 aromatic rings. The normalized spacial score (nSPS) is 12.9. The Morgan fingerprint density at radius 1 is 1.41 bits per heavy atom. The van der Waals surface area contributed by atoms with Crippen molar-refractivity contribution >= 4 is 23.7 Å². The number of hydrogen-bond donors (Lipinski definition) is 2. The number of ether oxygens (including phenoxy) is 1. The average molecular weight is 266 g/mol. The number of halogens is 1. The quantitative estimate of drug-likeness (QED) is 0.721. The third kappa shape index (κ3) is 7.85. The highest BCUT2D eigenvalue weighted by Gasteiger charge is 2.27. The van der Waals surface area contributed by atoms with Gasteiger partial charge in [0, 0.05) is 6.54 Å². The van der Waals surface area contributed by atoms with Crippen molar-refractivity contribution in [2.75, 3.05) is 19.0 Å². The van der Waals surface area contributed by atoms with Crippen LogP contribution in [-0.2, 0) is 9.53 Å². The Kier molecular flexibility index (Phi) is 6.95. The number of carboxylic acid groups (broad SMARTS) is 1. The second kappa shape index (κ2) is 7.37. The first-order valence-electron chi connectivity index (χ1n) is 5.45. The molecule has 0 aromatic carbocycles. The highest BCUT2D eigenvalue weighted by atomic mass is 35.5. The van der Waals surface area contributed by atoms with Crippen molar-refractivity contribution in [1.29, 1.82) is 0 Å². The van der Waals surface area contributed by atoms with Crippen LogP contribution in [0.5, 0.6) is 0 Å². The van der Waals surface area contributed by atoms with E-state index in [1.807, 2.05) is 20.8 Å². The molecule has 0 aliphatic heterocycles. The second-order valence-electron chi connectivity index (χ2n) is 4.87. The van der Waals surface area contributed by atoms with E-state index in [0.717, 1.165) is 0 Å². The minimum atomic E-state index is -0.874. The number of alkyl carbamates (subject to hydrolysis) is 1. The van der Waals surface area contributed by atoms with Crippen LogP contribution in [0.1, 0.15) is 27.2 Å². The molecule has 0 radical (unpaired) electrons.